The van der Waals surface area contributed by atoms with Crippen molar-refractivity contribution in [3.05, 3.63) is 66.2 Å². The standard InChI is InChI=1S/C25H26N2O7/c1-30-18-12-17(13-19(14-18)31-2)26-25(29)16-9-10-22(23(11-16)33-4)34-15-24(28)27-20-7-5-6-8-21(20)32-3/h5-14H,15H2,1-4H3,(H,26,29)(H,27,28). The molecule has 0 saturated carbocycles. The van der Waals surface area contributed by atoms with Crippen molar-refractivity contribution >= 4 is 23.2 Å². The van der Waals surface area contributed by atoms with Crippen molar-refractivity contribution in [2.75, 3.05) is 45.7 Å². The predicted octanol–water partition coefficient (Wildman–Crippen LogP) is 3.99. The van der Waals surface area contributed by atoms with Crippen molar-refractivity contribution in [1.29, 1.82) is 0 Å². The summed E-state index contributed by atoms with van der Waals surface area (Å²) in [5, 5.41) is 5.53. The number of methoxy groups -OCH3 is 4. The van der Waals surface area contributed by atoms with Crippen LogP contribution in [0.25, 0.3) is 0 Å². The molecule has 0 fully saturated rings. The van der Waals surface area contributed by atoms with Gasteiger partial charge in [-0.25, -0.2) is 0 Å². The molecule has 34 heavy (non-hydrogen) atoms. The molecule has 178 valence electrons. The maximum Gasteiger partial charge on any atom is 0.262 e. The van der Waals surface area contributed by atoms with Crippen molar-refractivity contribution in [3.63, 3.8) is 0 Å². The van der Waals surface area contributed by atoms with E-state index in [9.17, 15) is 9.59 Å². The Morgan fingerprint density at radius 1 is 0.706 bits per heavy atom. The van der Waals surface area contributed by atoms with Gasteiger partial charge in [0.2, 0.25) is 0 Å². The third-order valence-corrected chi connectivity index (χ3v) is 4.77. The second-order valence-electron chi connectivity index (χ2n) is 6.96. The van der Waals surface area contributed by atoms with E-state index in [4.69, 9.17) is 23.7 Å². The molecule has 0 aliphatic heterocycles. The van der Waals surface area contributed by atoms with Crippen LogP contribution in [-0.4, -0.2) is 46.9 Å². The molecule has 0 spiro atoms. The normalized spacial score (nSPS) is 10.1. The van der Waals surface area contributed by atoms with E-state index in [2.05, 4.69) is 10.6 Å². The highest BCUT2D eigenvalue weighted by atomic mass is 16.5. The first-order chi connectivity index (χ1) is 16.5. The quantitative estimate of drug-likeness (QED) is 0.466. The van der Waals surface area contributed by atoms with Crippen LogP contribution in [-0.2, 0) is 4.79 Å². The number of carbonyl (C=O) groups is 2. The van der Waals surface area contributed by atoms with Gasteiger partial charge in [-0.15, -0.1) is 0 Å². The monoisotopic (exact) mass is 466 g/mol. The summed E-state index contributed by atoms with van der Waals surface area (Å²) in [6.45, 7) is -0.260. The Kier molecular flexibility index (Phi) is 8.17. The molecule has 9 nitrogen and oxygen atoms in total. The third-order valence-electron chi connectivity index (χ3n) is 4.77. The van der Waals surface area contributed by atoms with E-state index < -0.39 is 0 Å². The Bertz CT molecular complexity index is 1140. The summed E-state index contributed by atoms with van der Waals surface area (Å²) in [5.74, 6) is 1.51. The van der Waals surface area contributed by atoms with Crippen molar-refractivity contribution in [2.45, 2.75) is 0 Å². The van der Waals surface area contributed by atoms with Crippen LogP contribution in [0.2, 0.25) is 0 Å². The van der Waals surface area contributed by atoms with E-state index in [1.807, 2.05) is 0 Å². The van der Waals surface area contributed by atoms with Gasteiger partial charge in [0.1, 0.15) is 17.2 Å². The van der Waals surface area contributed by atoms with E-state index in [1.165, 1.54) is 34.5 Å². The number of nitrogens with one attached hydrogen (secondary N) is 2. The van der Waals surface area contributed by atoms with Crippen molar-refractivity contribution < 1.29 is 33.3 Å². The zero-order valence-electron chi connectivity index (χ0n) is 19.3. The van der Waals surface area contributed by atoms with E-state index in [0.717, 1.165) is 0 Å². The van der Waals surface area contributed by atoms with Crippen LogP contribution >= 0.6 is 0 Å². The average molecular weight is 466 g/mol. The molecule has 9 heteroatoms. The first-order valence-electron chi connectivity index (χ1n) is 10.3. The zero-order valence-corrected chi connectivity index (χ0v) is 19.3. The largest absolute Gasteiger partial charge is 0.497 e. The summed E-state index contributed by atoms with van der Waals surface area (Å²) in [4.78, 5) is 25.1. The molecule has 0 aromatic heterocycles. The lowest BCUT2D eigenvalue weighted by Crippen LogP contribution is -2.20. The lowest BCUT2D eigenvalue weighted by atomic mass is 10.1. The number of anilines is 2. The van der Waals surface area contributed by atoms with Crippen LogP contribution in [0.15, 0.2) is 60.7 Å². The number of para-hydroxylation sites is 2. The van der Waals surface area contributed by atoms with Crippen molar-refractivity contribution in [1.82, 2.24) is 0 Å². The Balaban J connectivity index is 1.67. The van der Waals surface area contributed by atoms with Gasteiger partial charge in [0.15, 0.2) is 18.1 Å². The lowest BCUT2D eigenvalue weighted by molar-refractivity contribution is -0.118. The van der Waals surface area contributed by atoms with Crippen LogP contribution in [0.5, 0.6) is 28.7 Å². The molecule has 3 rings (SSSR count). The smallest absolute Gasteiger partial charge is 0.262 e. The molecule has 0 radical (unpaired) electrons. The van der Waals surface area contributed by atoms with Gasteiger partial charge < -0.3 is 34.3 Å². The zero-order chi connectivity index (χ0) is 24.5. The molecule has 0 heterocycles. The first kappa shape index (κ1) is 24.2. The summed E-state index contributed by atoms with van der Waals surface area (Å²) in [5.41, 5.74) is 1.38. The van der Waals surface area contributed by atoms with E-state index in [-0.39, 0.29) is 18.4 Å². The van der Waals surface area contributed by atoms with E-state index in [0.29, 0.717) is 45.7 Å². The maximum absolute atomic E-state index is 12.8. The Morgan fingerprint density at radius 3 is 2.03 bits per heavy atom. The minimum absolute atomic E-state index is 0.260. The molecule has 3 aromatic rings. The second-order valence-corrected chi connectivity index (χ2v) is 6.96. The number of amides is 2. The fraction of sp³-hybridized carbons (Fsp3) is 0.200. The summed E-state index contributed by atoms with van der Waals surface area (Å²) in [7, 11) is 6.03. The maximum atomic E-state index is 12.8. The molecule has 0 aliphatic carbocycles. The molecule has 0 saturated heterocycles. The van der Waals surface area contributed by atoms with Gasteiger partial charge in [0, 0.05) is 29.4 Å². The molecule has 0 unspecified atom stereocenters. The highest BCUT2D eigenvalue weighted by Gasteiger charge is 2.14. The summed E-state index contributed by atoms with van der Waals surface area (Å²) >= 11 is 0. The lowest BCUT2D eigenvalue weighted by Gasteiger charge is -2.14. The molecule has 0 bridgehead atoms. The number of benzene rings is 3. The molecule has 2 amide bonds. The van der Waals surface area contributed by atoms with E-state index >= 15 is 0 Å². The number of ether oxygens (including phenoxy) is 5. The first-order valence-corrected chi connectivity index (χ1v) is 10.3. The minimum Gasteiger partial charge on any atom is -0.497 e. The Hall–Kier alpha value is -4.40. The number of carbonyl (C=O) groups excluding carboxylic acids is 2. The van der Waals surface area contributed by atoms with Crippen molar-refractivity contribution in [3.8, 4) is 28.7 Å². The molecular weight excluding hydrogens is 440 g/mol. The fourth-order valence-electron chi connectivity index (χ4n) is 3.09. The number of hydrogen-bond acceptors (Lipinski definition) is 7. The van der Waals surface area contributed by atoms with E-state index in [1.54, 1.807) is 54.6 Å². The number of rotatable bonds is 10. The van der Waals surface area contributed by atoms with Gasteiger partial charge in [-0.1, -0.05) is 12.1 Å². The summed E-state index contributed by atoms with van der Waals surface area (Å²) < 4.78 is 26.6. The number of hydrogen-bond donors (Lipinski definition) is 2. The van der Waals surface area contributed by atoms with Gasteiger partial charge >= 0.3 is 0 Å². The van der Waals surface area contributed by atoms with Gasteiger partial charge in [0.25, 0.3) is 11.8 Å². The minimum atomic E-state index is -0.375. The second kappa shape index (κ2) is 11.5. The fourth-order valence-corrected chi connectivity index (χ4v) is 3.09. The summed E-state index contributed by atoms with van der Waals surface area (Å²) in [6, 6.07) is 16.8. The highest BCUT2D eigenvalue weighted by molar-refractivity contribution is 6.05. The van der Waals surface area contributed by atoms with Crippen LogP contribution in [0, 0.1) is 0 Å². The van der Waals surface area contributed by atoms with Crippen LogP contribution < -0.4 is 34.3 Å². The molecular formula is C25H26N2O7. The highest BCUT2D eigenvalue weighted by Crippen LogP contribution is 2.30. The van der Waals surface area contributed by atoms with Crippen molar-refractivity contribution in [2.24, 2.45) is 0 Å². The van der Waals surface area contributed by atoms with Gasteiger partial charge in [-0.05, 0) is 30.3 Å². The molecule has 3 aromatic carbocycles. The topological polar surface area (TPSA) is 104 Å². The van der Waals surface area contributed by atoms with Crippen LogP contribution in [0.1, 0.15) is 10.4 Å². The predicted molar refractivity (Wildman–Crippen MR) is 128 cm³/mol. The van der Waals surface area contributed by atoms with Crippen LogP contribution in [0.4, 0.5) is 11.4 Å². The summed E-state index contributed by atoms with van der Waals surface area (Å²) in [6.07, 6.45) is 0. The van der Waals surface area contributed by atoms with Crippen LogP contribution in [0.3, 0.4) is 0 Å². The molecule has 0 aliphatic rings. The Labute approximate surface area is 197 Å². The van der Waals surface area contributed by atoms with Gasteiger partial charge in [0.05, 0.1) is 34.1 Å². The SMILES string of the molecule is COc1cc(NC(=O)c2ccc(OCC(=O)Nc3ccccc3OC)c(OC)c2)cc(OC)c1. The average Bonchev–Trinajstić information content (AvgIpc) is 2.87. The Morgan fingerprint density at radius 2 is 1.38 bits per heavy atom. The third kappa shape index (κ3) is 6.10. The van der Waals surface area contributed by atoms with Gasteiger partial charge in [-0.3, -0.25) is 9.59 Å². The molecule has 0 atom stereocenters. The van der Waals surface area contributed by atoms with Gasteiger partial charge in [-0.2, -0.15) is 0 Å². The molecule has 2 N–H and O–H groups in total.